The summed E-state index contributed by atoms with van der Waals surface area (Å²) >= 11 is 1.70. The van der Waals surface area contributed by atoms with Crippen LogP contribution in [0, 0.1) is 0 Å². The molecular weight excluding hydrogens is 322 g/mol. The number of thioether (sulfide) groups is 1. The zero-order valence-electron chi connectivity index (χ0n) is 14.1. The lowest BCUT2D eigenvalue weighted by Crippen LogP contribution is -2.22. The van der Waals surface area contributed by atoms with E-state index in [-0.39, 0.29) is 5.91 Å². The number of amides is 1. The van der Waals surface area contributed by atoms with Crippen LogP contribution in [0.25, 0.3) is 0 Å². The Morgan fingerprint density at radius 2 is 1.92 bits per heavy atom. The van der Waals surface area contributed by atoms with Gasteiger partial charge in [-0.25, -0.2) is 0 Å². The van der Waals surface area contributed by atoms with E-state index in [1.54, 1.807) is 23.9 Å². The third-order valence-electron chi connectivity index (χ3n) is 3.41. The van der Waals surface area contributed by atoms with Gasteiger partial charge in [0.15, 0.2) is 0 Å². The summed E-state index contributed by atoms with van der Waals surface area (Å²) in [5.41, 5.74) is 1.66. The molecular formula is C19H23NO3S. The molecule has 5 heteroatoms. The van der Waals surface area contributed by atoms with E-state index in [0.717, 1.165) is 5.56 Å². The van der Waals surface area contributed by atoms with Gasteiger partial charge in [-0.15, -0.1) is 11.8 Å². The fraction of sp³-hybridized carbons (Fsp3) is 0.316. The lowest BCUT2D eigenvalue weighted by molar-refractivity contribution is 0.0949. The van der Waals surface area contributed by atoms with Crippen molar-refractivity contribution in [3.05, 3.63) is 59.7 Å². The van der Waals surface area contributed by atoms with Gasteiger partial charge in [-0.1, -0.05) is 18.2 Å². The van der Waals surface area contributed by atoms with Gasteiger partial charge in [-0.3, -0.25) is 4.79 Å². The van der Waals surface area contributed by atoms with Crippen molar-refractivity contribution in [2.75, 3.05) is 26.1 Å². The van der Waals surface area contributed by atoms with E-state index in [1.165, 1.54) is 4.90 Å². The van der Waals surface area contributed by atoms with Crippen LogP contribution in [0.2, 0.25) is 0 Å². The Bertz CT molecular complexity index is 643. The number of nitrogens with one attached hydrogen (secondary N) is 1. The number of hydrogen-bond donors (Lipinski definition) is 1. The Labute approximate surface area is 147 Å². The molecule has 0 unspecified atom stereocenters. The molecule has 0 aromatic heterocycles. The standard InChI is InChI=1S/C19H23NO3S/c1-3-22-11-12-23-17-6-4-5-16(13-17)19(21)20-14-15-7-9-18(24-2)10-8-15/h4-10,13H,3,11-12,14H2,1-2H3,(H,20,21). The summed E-state index contributed by atoms with van der Waals surface area (Å²) < 4.78 is 10.8. The molecule has 1 amide bonds. The quantitative estimate of drug-likeness (QED) is 0.555. The molecule has 2 rings (SSSR count). The van der Waals surface area contributed by atoms with Crippen molar-refractivity contribution in [3.63, 3.8) is 0 Å². The zero-order chi connectivity index (χ0) is 17.2. The monoisotopic (exact) mass is 345 g/mol. The fourth-order valence-electron chi connectivity index (χ4n) is 2.12. The average Bonchev–Trinajstić information content (AvgIpc) is 2.64. The third kappa shape index (κ3) is 5.91. The minimum Gasteiger partial charge on any atom is -0.491 e. The maximum absolute atomic E-state index is 12.3. The minimum absolute atomic E-state index is 0.112. The lowest BCUT2D eigenvalue weighted by Gasteiger charge is -2.09. The summed E-state index contributed by atoms with van der Waals surface area (Å²) in [5, 5.41) is 2.93. The molecule has 0 saturated carbocycles. The molecule has 0 aliphatic rings. The summed E-state index contributed by atoms with van der Waals surface area (Å²) in [5.74, 6) is 0.561. The second-order valence-corrected chi connectivity index (χ2v) is 5.98. The molecule has 2 aromatic carbocycles. The molecule has 24 heavy (non-hydrogen) atoms. The van der Waals surface area contributed by atoms with E-state index in [9.17, 15) is 4.79 Å². The van der Waals surface area contributed by atoms with Crippen molar-refractivity contribution < 1.29 is 14.3 Å². The van der Waals surface area contributed by atoms with Gasteiger partial charge in [-0.05, 0) is 49.1 Å². The largest absolute Gasteiger partial charge is 0.491 e. The van der Waals surface area contributed by atoms with Crippen LogP contribution in [0.15, 0.2) is 53.4 Å². The van der Waals surface area contributed by atoms with Gasteiger partial charge in [-0.2, -0.15) is 0 Å². The van der Waals surface area contributed by atoms with E-state index < -0.39 is 0 Å². The summed E-state index contributed by atoms with van der Waals surface area (Å²) in [6, 6.07) is 15.3. The average molecular weight is 345 g/mol. The van der Waals surface area contributed by atoms with Crippen LogP contribution in [-0.4, -0.2) is 32.0 Å². The van der Waals surface area contributed by atoms with Crippen molar-refractivity contribution in [3.8, 4) is 5.75 Å². The topological polar surface area (TPSA) is 47.6 Å². The lowest BCUT2D eigenvalue weighted by atomic mass is 10.2. The smallest absolute Gasteiger partial charge is 0.251 e. The van der Waals surface area contributed by atoms with Gasteiger partial charge < -0.3 is 14.8 Å². The second kappa shape index (κ2) is 10.0. The Morgan fingerprint density at radius 1 is 1.12 bits per heavy atom. The Kier molecular flexibility index (Phi) is 7.65. The highest BCUT2D eigenvalue weighted by atomic mass is 32.2. The summed E-state index contributed by atoms with van der Waals surface area (Å²) in [6.45, 7) is 4.13. The van der Waals surface area contributed by atoms with E-state index >= 15 is 0 Å². The number of benzene rings is 2. The van der Waals surface area contributed by atoms with E-state index in [1.807, 2.05) is 37.4 Å². The van der Waals surface area contributed by atoms with E-state index in [2.05, 4.69) is 17.4 Å². The minimum atomic E-state index is -0.112. The highest BCUT2D eigenvalue weighted by molar-refractivity contribution is 7.98. The molecule has 0 heterocycles. The summed E-state index contributed by atoms with van der Waals surface area (Å²) in [6.07, 6.45) is 2.04. The first-order valence-corrected chi connectivity index (χ1v) is 9.17. The molecule has 2 aromatic rings. The van der Waals surface area contributed by atoms with Crippen molar-refractivity contribution in [1.29, 1.82) is 0 Å². The normalized spacial score (nSPS) is 10.4. The first-order chi connectivity index (χ1) is 11.7. The van der Waals surface area contributed by atoms with Crippen molar-refractivity contribution in [2.24, 2.45) is 0 Å². The summed E-state index contributed by atoms with van der Waals surface area (Å²) in [7, 11) is 0. The number of ether oxygens (including phenoxy) is 2. The molecule has 0 bridgehead atoms. The highest BCUT2D eigenvalue weighted by Crippen LogP contribution is 2.15. The van der Waals surface area contributed by atoms with Crippen LogP contribution in [0.4, 0.5) is 0 Å². The van der Waals surface area contributed by atoms with Gasteiger partial charge in [0.05, 0.1) is 6.61 Å². The molecule has 0 saturated heterocycles. The number of rotatable bonds is 9. The molecule has 4 nitrogen and oxygen atoms in total. The number of carbonyl (C=O) groups excluding carboxylic acids is 1. The van der Waals surface area contributed by atoms with Crippen molar-refractivity contribution >= 4 is 17.7 Å². The predicted octanol–water partition coefficient (Wildman–Crippen LogP) is 3.75. The molecule has 0 aliphatic carbocycles. The van der Waals surface area contributed by atoms with Gasteiger partial charge >= 0.3 is 0 Å². The molecule has 0 spiro atoms. The van der Waals surface area contributed by atoms with Crippen LogP contribution >= 0.6 is 11.8 Å². The molecule has 0 radical (unpaired) electrons. The van der Waals surface area contributed by atoms with Crippen LogP contribution in [-0.2, 0) is 11.3 Å². The van der Waals surface area contributed by atoms with Gasteiger partial charge in [0.25, 0.3) is 5.91 Å². The maximum atomic E-state index is 12.3. The maximum Gasteiger partial charge on any atom is 0.251 e. The Balaban J connectivity index is 1.86. The van der Waals surface area contributed by atoms with Crippen LogP contribution < -0.4 is 10.1 Å². The van der Waals surface area contributed by atoms with Crippen molar-refractivity contribution in [1.82, 2.24) is 5.32 Å². The van der Waals surface area contributed by atoms with Gasteiger partial charge in [0.1, 0.15) is 12.4 Å². The number of hydrogen-bond acceptors (Lipinski definition) is 4. The van der Waals surface area contributed by atoms with E-state index in [0.29, 0.717) is 37.7 Å². The van der Waals surface area contributed by atoms with Gasteiger partial charge in [0.2, 0.25) is 0 Å². The first-order valence-electron chi connectivity index (χ1n) is 7.94. The Morgan fingerprint density at radius 3 is 2.62 bits per heavy atom. The SMILES string of the molecule is CCOCCOc1cccc(C(=O)NCc2ccc(SC)cc2)c1. The third-order valence-corrected chi connectivity index (χ3v) is 4.15. The van der Waals surface area contributed by atoms with Crippen molar-refractivity contribution in [2.45, 2.75) is 18.4 Å². The van der Waals surface area contributed by atoms with Crippen LogP contribution in [0.3, 0.4) is 0 Å². The molecule has 0 aliphatic heterocycles. The molecule has 0 atom stereocenters. The summed E-state index contributed by atoms with van der Waals surface area (Å²) in [4.78, 5) is 13.5. The fourth-order valence-corrected chi connectivity index (χ4v) is 2.53. The zero-order valence-corrected chi connectivity index (χ0v) is 14.9. The van der Waals surface area contributed by atoms with Crippen LogP contribution in [0.5, 0.6) is 5.75 Å². The van der Waals surface area contributed by atoms with E-state index in [4.69, 9.17) is 9.47 Å². The predicted molar refractivity (Wildman–Crippen MR) is 97.8 cm³/mol. The Hall–Kier alpha value is -1.98. The first kappa shape index (κ1) is 18.4. The number of carbonyl (C=O) groups is 1. The highest BCUT2D eigenvalue weighted by Gasteiger charge is 2.07. The molecule has 128 valence electrons. The second-order valence-electron chi connectivity index (χ2n) is 5.10. The molecule has 0 fully saturated rings. The molecule has 1 N–H and O–H groups in total. The van der Waals surface area contributed by atoms with Crippen LogP contribution in [0.1, 0.15) is 22.8 Å². The van der Waals surface area contributed by atoms with Gasteiger partial charge in [0, 0.05) is 23.6 Å².